The molecule has 0 spiro atoms. The van der Waals surface area contributed by atoms with Crippen LogP contribution < -0.4 is 14.8 Å². The third-order valence-electron chi connectivity index (χ3n) is 3.94. The number of methoxy groups -OCH3 is 2. The van der Waals surface area contributed by atoms with Crippen LogP contribution in [0.4, 0.5) is 10.5 Å². The molecule has 8 heteroatoms. The zero-order valence-corrected chi connectivity index (χ0v) is 15.1. The third kappa shape index (κ3) is 5.15. The van der Waals surface area contributed by atoms with Crippen LogP contribution in [0.1, 0.15) is 19.3 Å². The Bertz CT molecular complexity index is 642. The standard InChI is InChI=1S/C17H22ClN3O4/c1-23-15-10-16(24-2)14(9-13(15)18)20-17(22)21(7-4-6-19)11-12-5-3-8-25-12/h9-10,12H,3-5,7-8,11H2,1-2H3,(H,20,22). The van der Waals surface area contributed by atoms with E-state index in [4.69, 9.17) is 31.1 Å². The van der Waals surface area contributed by atoms with Crippen molar-refractivity contribution >= 4 is 23.3 Å². The molecule has 0 bridgehead atoms. The Morgan fingerprint density at radius 2 is 2.20 bits per heavy atom. The summed E-state index contributed by atoms with van der Waals surface area (Å²) in [6.45, 7) is 1.48. The van der Waals surface area contributed by atoms with Crippen LogP contribution in [0, 0.1) is 11.3 Å². The normalized spacial score (nSPS) is 16.2. The summed E-state index contributed by atoms with van der Waals surface area (Å²) in [7, 11) is 3.00. The van der Waals surface area contributed by atoms with Crippen LogP contribution in [0.25, 0.3) is 0 Å². The second kappa shape index (κ2) is 9.35. The SMILES string of the molecule is COc1cc(OC)c(NC(=O)N(CCC#N)CC2CCCO2)cc1Cl. The van der Waals surface area contributed by atoms with E-state index in [1.807, 2.05) is 0 Å². The summed E-state index contributed by atoms with van der Waals surface area (Å²) in [6, 6.07) is 4.92. The zero-order chi connectivity index (χ0) is 18.2. The lowest BCUT2D eigenvalue weighted by Crippen LogP contribution is -2.40. The van der Waals surface area contributed by atoms with Gasteiger partial charge in [-0.25, -0.2) is 4.79 Å². The van der Waals surface area contributed by atoms with Crippen molar-refractivity contribution in [1.82, 2.24) is 4.90 Å². The van der Waals surface area contributed by atoms with Gasteiger partial charge in [-0.1, -0.05) is 11.6 Å². The van der Waals surface area contributed by atoms with E-state index in [-0.39, 0.29) is 18.6 Å². The molecule has 1 aliphatic heterocycles. The molecule has 1 unspecified atom stereocenters. The van der Waals surface area contributed by atoms with Crippen molar-refractivity contribution in [2.45, 2.75) is 25.4 Å². The van der Waals surface area contributed by atoms with Crippen LogP contribution in [0.5, 0.6) is 11.5 Å². The van der Waals surface area contributed by atoms with E-state index >= 15 is 0 Å². The fraction of sp³-hybridized carbons (Fsp3) is 0.529. The molecule has 2 amide bonds. The van der Waals surface area contributed by atoms with E-state index < -0.39 is 0 Å². The van der Waals surface area contributed by atoms with Gasteiger partial charge in [0.1, 0.15) is 11.5 Å². The fourth-order valence-electron chi connectivity index (χ4n) is 2.65. The van der Waals surface area contributed by atoms with E-state index in [0.29, 0.717) is 41.9 Å². The highest BCUT2D eigenvalue weighted by Crippen LogP contribution is 2.36. The van der Waals surface area contributed by atoms with Gasteiger partial charge in [-0.15, -0.1) is 0 Å². The topological polar surface area (TPSA) is 83.8 Å². The van der Waals surface area contributed by atoms with E-state index in [1.54, 1.807) is 17.0 Å². The number of amides is 2. The molecule has 1 aliphatic rings. The van der Waals surface area contributed by atoms with Gasteiger partial charge in [0, 0.05) is 25.8 Å². The molecule has 2 rings (SSSR count). The summed E-state index contributed by atoms with van der Waals surface area (Å²) in [5, 5.41) is 12.0. The first-order chi connectivity index (χ1) is 12.1. The smallest absolute Gasteiger partial charge is 0.322 e. The van der Waals surface area contributed by atoms with Gasteiger partial charge in [0.15, 0.2) is 0 Å². The Hall–Kier alpha value is -2.17. The lowest BCUT2D eigenvalue weighted by Gasteiger charge is -2.25. The number of hydrogen-bond acceptors (Lipinski definition) is 5. The number of halogens is 1. The average Bonchev–Trinajstić information content (AvgIpc) is 3.12. The molecule has 136 valence electrons. The first-order valence-corrected chi connectivity index (χ1v) is 8.42. The number of hydrogen-bond donors (Lipinski definition) is 1. The molecule has 0 aliphatic carbocycles. The molecule has 7 nitrogen and oxygen atoms in total. The maximum atomic E-state index is 12.7. The molecule has 1 aromatic carbocycles. The third-order valence-corrected chi connectivity index (χ3v) is 4.24. The zero-order valence-electron chi connectivity index (χ0n) is 14.4. The number of nitrogens with one attached hydrogen (secondary N) is 1. The van der Waals surface area contributed by atoms with Crippen LogP contribution in [-0.4, -0.2) is 51.0 Å². The number of anilines is 1. The summed E-state index contributed by atoms with van der Waals surface area (Å²) >= 11 is 6.13. The first-order valence-electron chi connectivity index (χ1n) is 8.05. The Labute approximate surface area is 152 Å². The molecule has 1 N–H and O–H groups in total. The van der Waals surface area contributed by atoms with Gasteiger partial charge in [-0.05, 0) is 18.9 Å². The summed E-state index contributed by atoms with van der Waals surface area (Å²) < 4.78 is 16.0. The van der Waals surface area contributed by atoms with Gasteiger partial charge < -0.3 is 24.4 Å². The molecule has 0 saturated carbocycles. The predicted molar refractivity (Wildman–Crippen MR) is 94.4 cm³/mol. The fourth-order valence-corrected chi connectivity index (χ4v) is 2.89. The quantitative estimate of drug-likeness (QED) is 0.799. The van der Waals surface area contributed by atoms with Crippen molar-refractivity contribution in [1.29, 1.82) is 5.26 Å². The molecule has 1 heterocycles. The number of benzene rings is 1. The molecular weight excluding hydrogens is 346 g/mol. The number of nitriles is 1. The maximum absolute atomic E-state index is 12.7. The number of nitrogens with zero attached hydrogens (tertiary/aromatic N) is 2. The second-order valence-corrected chi connectivity index (χ2v) is 6.01. The van der Waals surface area contributed by atoms with Gasteiger partial charge in [0.2, 0.25) is 0 Å². The van der Waals surface area contributed by atoms with Crippen molar-refractivity contribution in [3.63, 3.8) is 0 Å². The van der Waals surface area contributed by atoms with Crippen LogP contribution in [-0.2, 0) is 4.74 Å². The van der Waals surface area contributed by atoms with Crippen molar-refractivity contribution in [2.24, 2.45) is 0 Å². The summed E-state index contributed by atoms with van der Waals surface area (Å²) in [4.78, 5) is 14.2. The van der Waals surface area contributed by atoms with Crippen molar-refractivity contribution in [3.8, 4) is 17.6 Å². The Morgan fingerprint density at radius 3 is 2.80 bits per heavy atom. The van der Waals surface area contributed by atoms with Gasteiger partial charge in [0.05, 0.1) is 43.5 Å². The maximum Gasteiger partial charge on any atom is 0.322 e. The Kier molecular flexibility index (Phi) is 7.16. The van der Waals surface area contributed by atoms with Crippen molar-refractivity contribution < 1.29 is 19.0 Å². The van der Waals surface area contributed by atoms with Crippen LogP contribution >= 0.6 is 11.6 Å². The molecule has 1 aromatic rings. The lowest BCUT2D eigenvalue weighted by atomic mass is 10.2. The monoisotopic (exact) mass is 367 g/mol. The van der Waals surface area contributed by atoms with Crippen molar-refractivity contribution in [2.75, 3.05) is 39.2 Å². The van der Waals surface area contributed by atoms with E-state index in [0.717, 1.165) is 12.8 Å². The molecule has 1 fully saturated rings. The van der Waals surface area contributed by atoms with E-state index in [2.05, 4.69) is 11.4 Å². The van der Waals surface area contributed by atoms with Gasteiger partial charge >= 0.3 is 6.03 Å². The van der Waals surface area contributed by atoms with Crippen molar-refractivity contribution in [3.05, 3.63) is 17.2 Å². The van der Waals surface area contributed by atoms with E-state index in [9.17, 15) is 4.79 Å². The number of carbonyl (C=O) groups is 1. The molecule has 0 radical (unpaired) electrons. The Balaban J connectivity index is 2.13. The second-order valence-electron chi connectivity index (χ2n) is 5.61. The van der Waals surface area contributed by atoms with E-state index in [1.165, 1.54) is 14.2 Å². The number of urea groups is 1. The van der Waals surface area contributed by atoms with Gasteiger partial charge in [-0.2, -0.15) is 5.26 Å². The summed E-state index contributed by atoms with van der Waals surface area (Å²) in [5.41, 5.74) is 0.438. The molecule has 1 saturated heterocycles. The summed E-state index contributed by atoms with van der Waals surface area (Å²) in [6.07, 6.45) is 2.15. The lowest BCUT2D eigenvalue weighted by molar-refractivity contribution is 0.0841. The summed E-state index contributed by atoms with van der Waals surface area (Å²) in [5.74, 6) is 0.893. The predicted octanol–water partition coefficient (Wildman–Crippen LogP) is 3.28. The molecule has 25 heavy (non-hydrogen) atoms. The minimum atomic E-state index is -0.328. The Morgan fingerprint density at radius 1 is 1.44 bits per heavy atom. The molecule has 1 atom stereocenters. The first kappa shape index (κ1) is 19.2. The largest absolute Gasteiger partial charge is 0.495 e. The average molecular weight is 368 g/mol. The van der Waals surface area contributed by atoms with Gasteiger partial charge in [0.25, 0.3) is 0 Å². The van der Waals surface area contributed by atoms with Crippen LogP contribution in [0.2, 0.25) is 5.02 Å². The highest BCUT2D eigenvalue weighted by molar-refractivity contribution is 6.32. The van der Waals surface area contributed by atoms with Crippen LogP contribution in [0.15, 0.2) is 12.1 Å². The minimum Gasteiger partial charge on any atom is -0.495 e. The number of carbonyl (C=O) groups excluding carboxylic acids is 1. The highest BCUT2D eigenvalue weighted by Gasteiger charge is 2.23. The van der Waals surface area contributed by atoms with Gasteiger partial charge in [-0.3, -0.25) is 0 Å². The number of rotatable bonds is 7. The number of ether oxygens (including phenoxy) is 3. The molecular formula is C17H22ClN3O4. The molecule has 0 aromatic heterocycles. The highest BCUT2D eigenvalue weighted by atomic mass is 35.5. The minimum absolute atomic E-state index is 0.00536. The van der Waals surface area contributed by atoms with Crippen LogP contribution in [0.3, 0.4) is 0 Å².